The van der Waals surface area contributed by atoms with Crippen molar-refractivity contribution in [1.29, 1.82) is 0 Å². The van der Waals surface area contributed by atoms with E-state index in [0.29, 0.717) is 35.3 Å². The molecule has 1 amide bonds. The number of aromatic nitrogens is 1. The van der Waals surface area contributed by atoms with Gasteiger partial charge in [-0.25, -0.2) is 13.4 Å². The third kappa shape index (κ3) is 5.03. The van der Waals surface area contributed by atoms with Crippen molar-refractivity contribution in [3.63, 3.8) is 0 Å². The maximum absolute atomic E-state index is 13.0. The Morgan fingerprint density at radius 2 is 1.77 bits per heavy atom. The molecule has 2 aromatic carbocycles. The number of nitrogens with zero attached hydrogens (tertiary/aromatic N) is 2. The molecule has 1 aliphatic rings. The lowest BCUT2D eigenvalue weighted by atomic mass is 9.91. The van der Waals surface area contributed by atoms with Crippen LogP contribution in [-0.4, -0.2) is 36.7 Å². The molecule has 1 aliphatic heterocycles. The molecule has 2 heterocycles. The average Bonchev–Trinajstić information content (AvgIpc) is 3.21. The van der Waals surface area contributed by atoms with Crippen molar-refractivity contribution in [2.24, 2.45) is 5.92 Å². The van der Waals surface area contributed by atoms with Crippen LogP contribution in [0.5, 0.6) is 0 Å². The van der Waals surface area contributed by atoms with Crippen LogP contribution in [0.25, 0.3) is 0 Å². The lowest BCUT2D eigenvalue weighted by Crippen LogP contribution is -2.38. The zero-order valence-corrected chi connectivity index (χ0v) is 19.0. The van der Waals surface area contributed by atoms with Crippen molar-refractivity contribution in [1.82, 2.24) is 9.29 Å². The van der Waals surface area contributed by atoms with Crippen molar-refractivity contribution in [3.8, 4) is 0 Å². The summed E-state index contributed by atoms with van der Waals surface area (Å²) in [5, 5.41) is 2.80. The second kappa shape index (κ2) is 9.30. The van der Waals surface area contributed by atoms with Crippen molar-refractivity contribution in [2.45, 2.75) is 31.1 Å². The molecular weight excluding hydrogens is 430 g/mol. The van der Waals surface area contributed by atoms with Gasteiger partial charge in [-0.15, -0.1) is 11.3 Å². The Hall–Kier alpha value is -2.55. The number of carbonyl (C=O) groups is 1. The number of thiazole rings is 1. The number of rotatable bonds is 6. The largest absolute Gasteiger partial charge is 0.321 e. The fourth-order valence-electron chi connectivity index (χ4n) is 3.87. The van der Waals surface area contributed by atoms with E-state index in [4.69, 9.17) is 0 Å². The van der Waals surface area contributed by atoms with Crippen LogP contribution in [0.4, 0.5) is 5.69 Å². The Morgan fingerprint density at radius 3 is 2.39 bits per heavy atom. The topological polar surface area (TPSA) is 79.4 Å². The summed E-state index contributed by atoms with van der Waals surface area (Å²) < 4.78 is 27.7. The fourth-order valence-corrected chi connectivity index (χ4v) is 6.04. The van der Waals surface area contributed by atoms with Crippen LogP contribution in [0.2, 0.25) is 0 Å². The van der Waals surface area contributed by atoms with Crippen molar-refractivity contribution < 1.29 is 13.2 Å². The number of anilines is 1. The number of nitrogens with one attached hydrogen (secondary N) is 1. The molecule has 0 aliphatic carbocycles. The van der Waals surface area contributed by atoms with Crippen molar-refractivity contribution >= 4 is 33.0 Å². The Bertz CT molecular complexity index is 1130. The van der Waals surface area contributed by atoms with Gasteiger partial charge in [-0.05, 0) is 61.9 Å². The van der Waals surface area contributed by atoms with Gasteiger partial charge < -0.3 is 5.32 Å². The van der Waals surface area contributed by atoms with Crippen LogP contribution >= 0.6 is 11.3 Å². The minimum absolute atomic E-state index is 0.240. The van der Waals surface area contributed by atoms with Gasteiger partial charge in [0.2, 0.25) is 10.0 Å². The Labute approximate surface area is 187 Å². The fraction of sp³-hybridized carbons (Fsp3) is 0.304. The van der Waals surface area contributed by atoms with Crippen LogP contribution in [0.15, 0.2) is 65.0 Å². The number of benzene rings is 2. The van der Waals surface area contributed by atoms with E-state index in [2.05, 4.69) is 22.4 Å². The van der Waals surface area contributed by atoms with Gasteiger partial charge in [-0.1, -0.05) is 30.3 Å². The van der Waals surface area contributed by atoms with Crippen LogP contribution in [0.3, 0.4) is 0 Å². The van der Waals surface area contributed by atoms with Crippen LogP contribution in [0.1, 0.15) is 33.8 Å². The van der Waals surface area contributed by atoms with Gasteiger partial charge in [-0.3, -0.25) is 4.79 Å². The maximum Gasteiger partial charge on any atom is 0.267 e. The van der Waals surface area contributed by atoms with Crippen LogP contribution in [0, 0.1) is 12.8 Å². The number of carbonyl (C=O) groups excluding carboxylic acids is 1. The molecule has 0 atom stereocenters. The van der Waals surface area contributed by atoms with Gasteiger partial charge in [0.25, 0.3) is 5.91 Å². The van der Waals surface area contributed by atoms with E-state index in [1.165, 1.54) is 16.9 Å². The zero-order chi connectivity index (χ0) is 21.8. The molecule has 1 N–H and O–H groups in total. The number of hydrogen-bond acceptors (Lipinski definition) is 5. The Morgan fingerprint density at radius 1 is 1.10 bits per heavy atom. The van der Waals surface area contributed by atoms with E-state index in [1.54, 1.807) is 41.0 Å². The number of piperidine rings is 1. The summed E-state index contributed by atoms with van der Waals surface area (Å²) in [6, 6.07) is 16.7. The zero-order valence-electron chi connectivity index (χ0n) is 17.3. The normalized spacial score (nSPS) is 15.6. The summed E-state index contributed by atoms with van der Waals surface area (Å²) in [5.41, 5.74) is 4.16. The maximum atomic E-state index is 13.0. The highest BCUT2D eigenvalue weighted by atomic mass is 32.2. The number of sulfonamides is 1. The minimum atomic E-state index is -3.54. The quantitative estimate of drug-likeness (QED) is 0.599. The molecule has 4 rings (SSSR count). The molecule has 0 saturated carbocycles. The standard InChI is InChI=1S/C23H25N3O3S2/c1-17-22(30-16-24-17)23(27)25-20-7-9-21(10-8-20)31(28,29)26-13-11-19(12-14-26)15-18-5-3-2-4-6-18/h2-10,16,19H,11-15H2,1H3,(H,25,27). The van der Waals surface area contributed by atoms with Crippen molar-refractivity contribution in [3.05, 3.63) is 76.2 Å². The third-order valence-corrected chi connectivity index (χ3v) is 8.48. The first-order chi connectivity index (χ1) is 14.9. The van der Waals surface area contributed by atoms with E-state index in [0.717, 1.165) is 19.3 Å². The molecule has 3 aromatic rings. The first kappa shape index (κ1) is 21.7. The van der Waals surface area contributed by atoms with Gasteiger partial charge in [-0.2, -0.15) is 4.31 Å². The number of amides is 1. The lowest BCUT2D eigenvalue weighted by molar-refractivity contribution is 0.103. The van der Waals surface area contributed by atoms with E-state index in [1.807, 2.05) is 18.2 Å². The van der Waals surface area contributed by atoms with Crippen molar-refractivity contribution in [2.75, 3.05) is 18.4 Å². The highest BCUT2D eigenvalue weighted by Crippen LogP contribution is 2.27. The van der Waals surface area contributed by atoms with E-state index in [-0.39, 0.29) is 10.8 Å². The summed E-state index contributed by atoms with van der Waals surface area (Å²) in [6.45, 7) is 2.84. The lowest BCUT2D eigenvalue weighted by Gasteiger charge is -2.31. The number of aryl methyl sites for hydroxylation is 1. The molecule has 1 saturated heterocycles. The first-order valence-electron chi connectivity index (χ1n) is 10.3. The molecule has 8 heteroatoms. The van der Waals surface area contributed by atoms with Crippen LogP contribution in [-0.2, 0) is 16.4 Å². The Kier molecular flexibility index (Phi) is 6.50. The molecular formula is C23H25N3O3S2. The summed E-state index contributed by atoms with van der Waals surface area (Å²) in [4.78, 5) is 17.2. The van der Waals surface area contributed by atoms with Gasteiger partial charge in [0.1, 0.15) is 4.88 Å². The van der Waals surface area contributed by atoms with E-state index >= 15 is 0 Å². The summed E-state index contributed by atoms with van der Waals surface area (Å²) in [6.07, 6.45) is 2.70. The highest BCUT2D eigenvalue weighted by Gasteiger charge is 2.29. The summed E-state index contributed by atoms with van der Waals surface area (Å²) >= 11 is 1.28. The molecule has 0 bridgehead atoms. The highest BCUT2D eigenvalue weighted by molar-refractivity contribution is 7.89. The molecule has 0 radical (unpaired) electrons. The predicted molar refractivity (Wildman–Crippen MR) is 123 cm³/mol. The monoisotopic (exact) mass is 455 g/mol. The molecule has 1 fully saturated rings. The molecule has 31 heavy (non-hydrogen) atoms. The second-order valence-electron chi connectivity index (χ2n) is 7.78. The Balaban J connectivity index is 1.36. The van der Waals surface area contributed by atoms with E-state index < -0.39 is 10.0 Å². The molecule has 162 valence electrons. The van der Waals surface area contributed by atoms with Gasteiger partial charge in [0.15, 0.2) is 0 Å². The SMILES string of the molecule is Cc1ncsc1C(=O)Nc1ccc(S(=O)(=O)N2CCC(Cc3ccccc3)CC2)cc1. The van der Waals surface area contributed by atoms with E-state index in [9.17, 15) is 13.2 Å². The average molecular weight is 456 g/mol. The smallest absolute Gasteiger partial charge is 0.267 e. The third-order valence-electron chi connectivity index (χ3n) is 5.64. The second-order valence-corrected chi connectivity index (χ2v) is 10.6. The molecule has 0 unspecified atom stereocenters. The molecule has 0 spiro atoms. The predicted octanol–water partition coefficient (Wildman–Crippen LogP) is 4.35. The van der Waals surface area contributed by atoms with Gasteiger partial charge in [0, 0.05) is 18.8 Å². The summed E-state index contributed by atoms with van der Waals surface area (Å²) in [7, 11) is -3.54. The first-order valence-corrected chi connectivity index (χ1v) is 12.6. The summed E-state index contributed by atoms with van der Waals surface area (Å²) in [5.74, 6) is 0.262. The van der Waals surface area contributed by atoms with Crippen LogP contribution < -0.4 is 5.32 Å². The van der Waals surface area contributed by atoms with Gasteiger partial charge in [0.05, 0.1) is 16.1 Å². The van der Waals surface area contributed by atoms with Gasteiger partial charge >= 0.3 is 0 Å². The number of hydrogen-bond donors (Lipinski definition) is 1. The minimum Gasteiger partial charge on any atom is -0.321 e. The molecule has 1 aromatic heterocycles. The molecule has 6 nitrogen and oxygen atoms in total.